The number of amides is 1. The lowest BCUT2D eigenvalue weighted by molar-refractivity contribution is 0.0226. The van der Waals surface area contributed by atoms with Gasteiger partial charge in [-0.25, -0.2) is 9.97 Å². The summed E-state index contributed by atoms with van der Waals surface area (Å²) in [6, 6.07) is 5.81. The number of carbonyl (C=O) groups excluding carboxylic acids is 1. The molecule has 1 amide bonds. The van der Waals surface area contributed by atoms with E-state index in [9.17, 15) is 4.79 Å². The molecule has 3 aromatic rings. The number of piperidine rings is 1. The molecule has 1 spiro atoms. The molecule has 2 aromatic heterocycles. The number of thiazole rings is 1. The van der Waals surface area contributed by atoms with Crippen LogP contribution in [-0.4, -0.2) is 57.3 Å². The van der Waals surface area contributed by atoms with E-state index in [1.54, 1.807) is 11.3 Å². The molecule has 2 aliphatic heterocycles. The summed E-state index contributed by atoms with van der Waals surface area (Å²) in [5.41, 5.74) is 5.95. The fourth-order valence-corrected chi connectivity index (χ4v) is 5.17. The summed E-state index contributed by atoms with van der Waals surface area (Å²) in [5, 5.41) is 0. The summed E-state index contributed by atoms with van der Waals surface area (Å²) < 4.78 is 1.07. The van der Waals surface area contributed by atoms with E-state index in [0.29, 0.717) is 0 Å². The summed E-state index contributed by atoms with van der Waals surface area (Å²) >= 11 is 1.58. The standard InChI is InChI=1S/C19H21N5OS/c1-23-7-4-15-17(21-11-20-15)19(23)5-8-24(9-6-19)18(25)13-2-3-14-16(10-13)26-12-22-14/h2-3,10-12H,4-9H2,1H3,(H,20,21). The van der Waals surface area contributed by atoms with Crippen molar-refractivity contribution in [3.63, 3.8) is 0 Å². The van der Waals surface area contributed by atoms with Crippen molar-refractivity contribution < 1.29 is 4.79 Å². The highest BCUT2D eigenvalue weighted by Crippen LogP contribution is 2.41. The van der Waals surface area contributed by atoms with Gasteiger partial charge in [-0.15, -0.1) is 11.3 Å². The molecular formula is C19H21N5OS. The topological polar surface area (TPSA) is 65.1 Å². The van der Waals surface area contributed by atoms with Crippen LogP contribution in [0.5, 0.6) is 0 Å². The number of carbonyl (C=O) groups is 1. The molecule has 4 heterocycles. The number of likely N-dealkylation sites (tertiary alicyclic amines) is 1. The lowest BCUT2D eigenvalue weighted by Crippen LogP contribution is -2.55. The number of fused-ring (bicyclic) bond motifs is 3. The van der Waals surface area contributed by atoms with Crippen molar-refractivity contribution in [2.24, 2.45) is 0 Å². The number of nitrogens with zero attached hydrogens (tertiary/aromatic N) is 4. The first-order chi connectivity index (χ1) is 12.7. The van der Waals surface area contributed by atoms with Crippen LogP contribution in [0, 0.1) is 0 Å². The molecule has 6 nitrogen and oxygen atoms in total. The largest absolute Gasteiger partial charge is 0.348 e. The third kappa shape index (κ3) is 2.30. The van der Waals surface area contributed by atoms with Gasteiger partial charge in [0, 0.05) is 37.3 Å². The average molecular weight is 367 g/mol. The van der Waals surface area contributed by atoms with Gasteiger partial charge in [0.25, 0.3) is 5.91 Å². The lowest BCUT2D eigenvalue weighted by Gasteiger charge is -2.49. The van der Waals surface area contributed by atoms with E-state index < -0.39 is 0 Å². The Morgan fingerprint density at radius 1 is 1.23 bits per heavy atom. The molecule has 1 aromatic carbocycles. The zero-order valence-electron chi connectivity index (χ0n) is 14.7. The van der Waals surface area contributed by atoms with Gasteiger partial charge in [-0.3, -0.25) is 9.69 Å². The molecule has 0 atom stereocenters. The number of rotatable bonds is 1. The van der Waals surface area contributed by atoms with Gasteiger partial charge in [0.2, 0.25) is 0 Å². The predicted molar refractivity (Wildman–Crippen MR) is 101 cm³/mol. The van der Waals surface area contributed by atoms with Gasteiger partial charge in [-0.05, 0) is 38.1 Å². The van der Waals surface area contributed by atoms with Crippen LogP contribution < -0.4 is 0 Å². The number of nitrogens with one attached hydrogen (secondary N) is 1. The number of benzene rings is 1. The number of aromatic nitrogens is 3. The van der Waals surface area contributed by atoms with E-state index in [2.05, 4.69) is 26.9 Å². The van der Waals surface area contributed by atoms with Gasteiger partial charge in [-0.1, -0.05) is 0 Å². The summed E-state index contributed by atoms with van der Waals surface area (Å²) in [6.07, 6.45) is 4.68. The molecule has 0 bridgehead atoms. The molecule has 134 valence electrons. The molecule has 1 fully saturated rings. The van der Waals surface area contributed by atoms with E-state index in [1.807, 2.05) is 34.9 Å². The third-order valence-corrected chi connectivity index (χ3v) is 6.83. The van der Waals surface area contributed by atoms with Gasteiger partial charge in [0.15, 0.2) is 0 Å². The van der Waals surface area contributed by atoms with Crippen molar-refractivity contribution in [3.8, 4) is 0 Å². The Kier molecular flexibility index (Phi) is 3.62. The van der Waals surface area contributed by atoms with Crippen LogP contribution in [0.3, 0.4) is 0 Å². The Hall–Kier alpha value is -2.25. The first kappa shape index (κ1) is 16.0. The van der Waals surface area contributed by atoms with Crippen LogP contribution in [0.15, 0.2) is 30.0 Å². The second-order valence-corrected chi connectivity index (χ2v) is 8.15. The van der Waals surface area contributed by atoms with E-state index in [4.69, 9.17) is 0 Å². The van der Waals surface area contributed by atoms with Crippen LogP contribution in [-0.2, 0) is 12.0 Å². The summed E-state index contributed by atoms with van der Waals surface area (Å²) in [5.74, 6) is 0.121. The minimum Gasteiger partial charge on any atom is -0.348 e. The number of aromatic amines is 1. The molecule has 7 heteroatoms. The van der Waals surface area contributed by atoms with Gasteiger partial charge < -0.3 is 9.88 Å². The summed E-state index contributed by atoms with van der Waals surface area (Å²) in [4.78, 5) is 29.6. The second-order valence-electron chi connectivity index (χ2n) is 7.26. The van der Waals surface area contributed by atoms with E-state index >= 15 is 0 Å². The first-order valence-corrected chi connectivity index (χ1v) is 9.92. The Labute approximate surface area is 155 Å². The minimum absolute atomic E-state index is 0.0357. The van der Waals surface area contributed by atoms with Crippen molar-refractivity contribution in [1.29, 1.82) is 0 Å². The van der Waals surface area contributed by atoms with Crippen molar-refractivity contribution in [1.82, 2.24) is 24.8 Å². The Balaban J connectivity index is 1.38. The SMILES string of the molecule is CN1CCc2[nH]cnc2C12CCN(C(=O)c1ccc3ncsc3c1)CC2. The van der Waals surface area contributed by atoms with Gasteiger partial charge in [-0.2, -0.15) is 0 Å². The smallest absolute Gasteiger partial charge is 0.253 e. The first-order valence-electron chi connectivity index (χ1n) is 9.04. The minimum atomic E-state index is -0.0357. The highest BCUT2D eigenvalue weighted by atomic mass is 32.1. The Morgan fingerprint density at radius 3 is 2.92 bits per heavy atom. The summed E-state index contributed by atoms with van der Waals surface area (Å²) in [6.45, 7) is 2.55. The predicted octanol–water partition coefficient (Wildman–Crippen LogP) is 2.64. The Morgan fingerprint density at radius 2 is 2.08 bits per heavy atom. The Bertz CT molecular complexity index is 969. The van der Waals surface area contributed by atoms with Crippen molar-refractivity contribution in [2.75, 3.05) is 26.7 Å². The quantitative estimate of drug-likeness (QED) is 0.718. The highest BCUT2D eigenvalue weighted by molar-refractivity contribution is 7.16. The highest BCUT2D eigenvalue weighted by Gasteiger charge is 2.45. The molecule has 5 rings (SSSR count). The molecular weight excluding hydrogens is 346 g/mol. The number of hydrogen-bond acceptors (Lipinski definition) is 5. The molecule has 1 saturated heterocycles. The molecule has 2 aliphatic rings. The average Bonchev–Trinajstić information content (AvgIpc) is 3.34. The monoisotopic (exact) mass is 367 g/mol. The fourth-order valence-electron chi connectivity index (χ4n) is 4.46. The van der Waals surface area contributed by atoms with E-state index in [-0.39, 0.29) is 11.4 Å². The maximum atomic E-state index is 13.0. The number of imidazole rings is 1. The van der Waals surface area contributed by atoms with Crippen molar-refractivity contribution in [3.05, 3.63) is 47.0 Å². The van der Waals surface area contributed by atoms with Crippen molar-refractivity contribution in [2.45, 2.75) is 24.8 Å². The van der Waals surface area contributed by atoms with Crippen LogP contribution in [0.2, 0.25) is 0 Å². The zero-order valence-corrected chi connectivity index (χ0v) is 15.6. The molecule has 0 aliphatic carbocycles. The summed E-state index contributed by atoms with van der Waals surface area (Å²) in [7, 11) is 2.19. The van der Waals surface area contributed by atoms with Crippen LogP contribution >= 0.6 is 11.3 Å². The van der Waals surface area contributed by atoms with Gasteiger partial charge in [0.1, 0.15) is 0 Å². The second kappa shape index (κ2) is 5.89. The molecule has 26 heavy (non-hydrogen) atoms. The zero-order chi connectivity index (χ0) is 17.7. The number of likely N-dealkylation sites (N-methyl/N-ethyl adjacent to an activating group) is 1. The van der Waals surface area contributed by atoms with E-state index in [1.165, 1.54) is 11.4 Å². The van der Waals surface area contributed by atoms with Crippen molar-refractivity contribution >= 4 is 27.5 Å². The molecule has 0 unspecified atom stereocenters. The van der Waals surface area contributed by atoms with Crippen LogP contribution in [0.25, 0.3) is 10.2 Å². The normalized spacial score (nSPS) is 19.8. The maximum Gasteiger partial charge on any atom is 0.253 e. The molecule has 1 N–H and O–H groups in total. The van der Waals surface area contributed by atoms with Crippen LogP contribution in [0.4, 0.5) is 0 Å². The van der Waals surface area contributed by atoms with Gasteiger partial charge >= 0.3 is 0 Å². The number of H-pyrrole nitrogens is 1. The molecule has 0 saturated carbocycles. The van der Waals surface area contributed by atoms with Gasteiger partial charge in [0.05, 0.1) is 33.3 Å². The third-order valence-electron chi connectivity index (χ3n) is 6.04. The fraction of sp³-hybridized carbons (Fsp3) is 0.421. The van der Waals surface area contributed by atoms with Crippen LogP contribution in [0.1, 0.15) is 34.6 Å². The number of hydrogen-bond donors (Lipinski definition) is 1. The lowest BCUT2D eigenvalue weighted by atomic mass is 9.79. The molecule has 0 radical (unpaired) electrons. The maximum absolute atomic E-state index is 13.0. The van der Waals surface area contributed by atoms with E-state index in [0.717, 1.165) is 54.7 Å².